The van der Waals surface area contributed by atoms with E-state index in [0.29, 0.717) is 12.2 Å². The van der Waals surface area contributed by atoms with Crippen molar-refractivity contribution in [3.63, 3.8) is 0 Å². The molecule has 1 unspecified atom stereocenters. The molecule has 0 saturated carbocycles. The average Bonchev–Trinajstić information content (AvgIpc) is 3.59. The molecule has 1 atom stereocenters. The van der Waals surface area contributed by atoms with Crippen molar-refractivity contribution in [2.75, 3.05) is 13.1 Å². The van der Waals surface area contributed by atoms with E-state index in [9.17, 15) is 13.6 Å². The highest BCUT2D eigenvalue weighted by molar-refractivity contribution is 6.02. The highest BCUT2D eigenvalue weighted by Gasteiger charge is 2.29. The first kappa shape index (κ1) is 28.5. The minimum Gasteiger partial charge on any atom is -0.451 e. The summed E-state index contributed by atoms with van der Waals surface area (Å²) in [6.07, 6.45) is 2.95. The summed E-state index contributed by atoms with van der Waals surface area (Å²) < 4.78 is 42.1. The summed E-state index contributed by atoms with van der Waals surface area (Å²) in [6.45, 7) is 8.20. The van der Waals surface area contributed by atoms with Gasteiger partial charge in [-0.2, -0.15) is 0 Å². The van der Waals surface area contributed by atoms with Crippen molar-refractivity contribution in [1.29, 1.82) is 0 Å². The molecule has 0 bridgehead atoms. The first-order chi connectivity index (χ1) is 19.7. The normalized spacial score (nSPS) is 15.2. The zero-order chi connectivity index (χ0) is 29.0. The number of carbonyl (C=O) groups excluding carboxylic acids is 1. The SMILES string of the molecule is CC(C)(C)NC(=O)c1c(-c2ccc(Oc3c(F)cccc3F)cc2)cn(C2CCNC2)c1COCc1ccccc1. The van der Waals surface area contributed by atoms with Gasteiger partial charge in [-0.15, -0.1) is 0 Å². The molecule has 41 heavy (non-hydrogen) atoms. The van der Waals surface area contributed by atoms with E-state index >= 15 is 0 Å². The van der Waals surface area contributed by atoms with Gasteiger partial charge >= 0.3 is 0 Å². The Hall–Kier alpha value is -4.01. The van der Waals surface area contributed by atoms with Crippen LogP contribution in [0.2, 0.25) is 0 Å². The van der Waals surface area contributed by atoms with Crippen molar-refractivity contribution in [2.45, 2.75) is 52.0 Å². The third-order valence-electron chi connectivity index (χ3n) is 6.94. The van der Waals surface area contributed by atoms with E-state index in [0.717, 1.165) is 54.0 Å². The fourth-order valence-corrected chi connectivity index (χ4v) is 5.03. The van der Waals surface area contributed by atoms with Crippen LogP contribution < -0.4 is 15.4 Å². The predicted molar refractivity (Wildman–Crippen MR) is 155 cm³/mol. The van der Waals surface area contributed by atoms with Crippen LogP contribution in [0.4, 0.5) is 8.78 Å². The van der Waals surface area contributed by atoms with Crippen molar-refractivity contribution >= 4 is 5.91 Å². The summed E-state index contributed by atoms with van der Waals surface area (Å²) in [5.74, 6) is -1.92. The molecule has 0 spiro atoms. The molecule has 214 valence electrons. The zero-order valence-electron chi connectivity index (χ0n) is 23.5. The summed E-state index contributed by atoms with van der Waals surface area (Å²) in [5.41, 5.74) is 3.49. The standard InChI is InChI=1S/C33H35F2N3O3/c1-33(2,3)37-32(39)30-26(23-12-14-25(15-13-23)41-31-27(34)10-7-11-28(31)35)19-38(24-16-17-36-18-24)29(30)21-40-20-22-8-5-4-6-9-22/h4-15,19,24,36H,16-18,20-21H2,1-3H3,(H,37,39). The Balaban J connectivity index is 1.51. The molecule has 1 saturated heterocycles. The first-order valence-electron chi connectivity index (χ1n) is 13.8. The lowest BCUT2D eigenvalue weighted by Gasteiger charge is -2.22. The second kappa shape index (κ2) is 12.2. The number of nitrogens with zero attached hydrogens (tertiary/aromatic N) is 1. The molecule has 0 radical (unpaired) electrons. The Morgan fingerprint density at radius 3 is 2.32 bits per heavy atom. The highest BCUT2D eigenvalue weighted by Crippen LogP contribution is 2.35. The predicted octanol–water partition coefficient (Wildman–Crippen LogP) is 7.01. The molecule has 5 rings (SSSR count). The number of para-hydroxylation sites is 1. The fraction of sp³-hybridized carbons (Fsp3) is 0.303. The van der Waals surface area contributed by atoms with E-state index in [4.69, 9.17) is 9.47 Å². The number of nitrogens with one attached hydrogen (secondary N) is 2. The lowest BCUT2D eigenvalue weighted by atomic mass is 10.0. The number of carbonyl (C=O) groups is 1. The van der Waals surface area contributed by atoms with Crippen LogP contribution in [0.5, 0.6) is 11.5 Å². The van der Waals surface area contributed by atoms with Gasteiger partial charge in [0, 0.05) is 29.9 Å². The maximum absolute atomic E-state index is 14.1. The Morgan fingerprint density at radius 1 is 0.976 bits per heavy atom. The average molecular weight is 560 g/mol. The number of hydrogen-bond donors (Lipinski definition) is 2. The molecular weight excluding hydrogens is 524 g/mol. The van der Waals surface area contributed by atoms with Gasteiger partial charge in [-0.25, -0.2) is 8.78 Å². The molecule has 1 aliphatic rings. The van der Waals surface area contributed by atoms with Crippen molar-refractivity contribution in [3.05, 3.63) is 107 Å². The van der Waals surface area contributed by atoms with Gasteiger partial charge in [0.15, 0.2) is 17.4 Å². The molecule has 2 N–H and O–H groups in total. The zero-order valence-corrected chi connectivity index (χ0v) is 23.5. The largest absolute Gasteiger partial charge is 0.451 e. The van der Waals surface area contributed by atoms with E-state index in [1.54, 1.807) is 24.3 Å². The molecule has 6 nitrogen and oxygen atoms in total. The van der Waals surface area contributed by atoms with Crippen LogP contribution in [0, 0.1) is 11.6 Å². The number of rotatable bonds is 9. The van der Waals surface area contributed by atoms with E-state index in [2.05, 4.69) is 15.2 Å². The van der Waals surface area contributed by atoms with Gasteiger partial charge in [-0.1, -0.05) is 48.5 Å². The molecule has 3 aromatic carbocycles. The lowest BCUT2D eigenvalue weighted by Crippen LogP contribution is -2.41. The first-order valence-corrected chi connectivity index (χ1v) is 13.8. The molecule has 4 aromatic rings. The smallest absolute Gasteiger partial charge is 0.254 e. The van der Waals surface area contributed by atoms with Crippen LogP contribution in [-0.2, 0) is 18.0 Å². The number of halogens is 2. The maximum atomic E-state index is 14.1. The second-order valence-corrected chi connectivity index (χ2v) is 11.3. The van der Waals surface area contributed by atoms with Gasteiger partial charge < -0.3 is 24.7 Å². The number of ether oxygens (including phenoxy) is 2. The second-order valence-electron chi connectivity index (χ2n) is 11.3. The number of aromatic nitrogens is 1. The van der Waals surface area contributed by atoms with Gasteiger partial charge in [-0.3, -0.25) is 4.79 Å². The Kier molecular flexibility index (Phi) is 8.52. The summed E-state index contributed by atoms with van der Waals surface area (Å²) >= 11 is 0. The molecule has 1 aromatic heterocycles. The van der Waals surface area contributed by atoms with Crippen LogP contribution in [0.25, 0.3) is 11.1 Å². The third kappa shape index (κ3) is 6.84. The van der Waals surface area contributed by atoms with E-state index < -0.39 is 22.9 Å². The van der Waals surface area contributed by atoms with Gasteiger partial charge in [0.25, 0.3) is 5.91 Å². The number of hydrogen-bond acceptors (Lipinski definition) is 4. The molecule has 0 aliphatic carbocycles. The van der Waals surface area contributed by atoms with E-state index in [1.165, 1.54) is 6.07 Å². The molecule has 1 aliphatic heterocycles. The Morgan fingerprint density at radius 2 is 1.68 bits per heavy atom. The van der Waals surface area contributed by atoms with Gasteiger partial charge in [0.05, 0.1) is 24.5 Å². The van der Waals surface area contributed by atoms with Crippen LogP contribution in [0.3, 0.4) is 0 Å². The molecular formula is C33H35F2N3O3. The van der Waals surface area contributed by atoms with Crippen molar-refractivity contribution in [3.8, 4) is 22.6 Å². The van der Waals surface area contributed by atoms with E-state index in [1.807, 2.05) is 57.3 Å². The summed E-state index contributed by atoms with van der Waals surface area (Å²) in [5, 5.41) is 6.54. The lowest BCUT2D eigenvalue weighted by molar-refractivity contribution is 0.0886. The fourth-order valence-electron chi connectivity index (χ4n) is 5.03. The van der Waals surface area contributed by atoms with Crippen molar-refractivity contribution in [2.24, 2.45) is 0 Å². The van der Waals surface area contributed by atoms with Gasteiger partial charge in [-0.05, 0) is 69.1 Å². The third-order valence-corrected chi connectivity index (χ3v) is 6.94. The number of amides is 1. The van der Waals surface area contributed by atoms with E-state index in [-0.39, 0.29) is 24.3 Å². The van der Waals surface area contributed by atoms with Gasteiger partial charge in [0.1, 0.15) is 5.75 Å². The van der Waals surface area contributed by atoms with Crippen LogP contribution >= 0.6 is 0 Å². The maximum Gasteiger partial charge on any atom is 0.254 e. The Labute approximate surface area is 239 Å². The van der Waals surface area contributed by atoms with Crippen LogP contribution in [0.15, 0.2) is 79.0 Å². The molecule has 8 heteroatoms. The molecule has 1 amide bonds. The minimum atomic E-state index is -0.780. The summed E-state index contributed by atoms with van der Waals surface area (Å²) in [4.78, 5) is 13.8. The Bertz CT molecular complexity index is 1470. The summed E-state index contributed by atoms with van der Waals surface area (Å²) in [6, 6.07) is 20.6. The number of benzene rings is 3. The van der Waals surface area contributed by atoms with Crippen LogP contribution in [-0.4, -0.2) is 29.1 Å². The molecule has 2 heterocycles. The topological polar surface area (TPSA) is 64.5 Å². The summed E-state index contributed by atoms with van der Waals surface area (Å²) in [7, 11) is 0. The highest BCUT2D eigenvalue weighted by atomic mass is 19.1. The van der Waals surface area contributed by atoms with Gasteiger partial charge in [0.2, 0.25) is 0 Å². The quantitative estimate of drug-likeness (QED) is 0.232. The van der Waals surface area contributed by atoms with Crippen LogP contribution in [0.1, 0.15) is 54.8 Å². The van der Waals surface area contributed by atoms with Crippen molar-refractivity contribution in [1.82, 2.24) is 15.2 Å². The molecule has 1 fully saturated rings. The van der Waals surface area contributed by atoms with Crippen molar-refractivity contribution < 1.29 is 23.0 Å². The minimum absolute atomic E-state index is 0.173. The monoisotopic (exact) mass is 559 g/mol.